The normalized spacial score (nSPS) is 12.4. The third-order valence-corrected chi connectivity index (χ3v) is 7.14. The van der Waals surface area contributed by atoms with Crippen LogP contribution in [0.4, 0.5) is 0 Å². The maximum Gasteiger partial charge on any atom is 0.230 e. The van der Waals surface area contributed by atoms with Gasteiger partial charge in [-0.05, 0) is 66.6 Å². The molecular formula is C28H28N4O2S. The number of ether oxygens (including phenoxy) is 1. The molecule has 0 saturated heterocycles. The molecule has 1 amide bonds. The van der Waals surface area contributed by atoms with Crippen molar-refractivity contribution in [3.05, 3.63) is 101 Å². The lowest BCUT2D eigenvalue weighted by atomic mass is 10.0. The summed E-state index contributed by atoms with van der Waals surface area (Å²) in [6, 6.07) is 24.0. The Balaban J connectivity index is 1.30. The number of nitrogens with one attached hydrogen (secondary N) is 1. The topological polar surface area (TPSA) is 69.0 Å². The first kappa shape index (κ1) is 23.2. The van der Waals surface area contributed by atoms with Gasteiger partial charge in [-0.3, -0.25) is 9.36 Å². The summed E-state index contributed by atoms with van der Waals surface area (Å²) in [5, 5.41) is 12.5. The van der Waals surface area contributed by atoms with Crippen molar-refractivity contribution >= 4 is 17.7 Å². The fraction of sp³-hybridized carbons (Fsp3) is 0.250. The molecule has 0 aliphatic heterocycles. The van der Waals surface area contributed by atoms with Crippen molar-refractivity contribution in [2.75, 3.05) is 5.75 Å². The first-order valence-corrected chi connectivity index (χ1v) is 12.8. The van der Waals surface area contributed by atoms with Crippen LogP contribution in [0.15, 0.2) is 78.0 Å². The third kappa shape index (κ3) is 5.41. The number of hydrogen-bond acceptors (Lipinski definition) is 5. The largest absolute Gasteiger partial charge is 0.485 e. The fourth-order valence-corrected chi connectivity index (χ4v) is 5.23. The minimum atomic E-state index is -0.0468. The molecule has 0 radical (unpaired) electrons. The third-order valence-electron chi connectivity index (χ3n) is 6.21. The van der Waals surface area contributed by atoms with Crippen molar-refractivity contribution in [1.82, 2.24) is 20.1 Å². The molecule has 0 saturated carbocycles. The second kappa shape index (κ2) is 10.8. The van der Waals surface area contributed by atoms with Crippen LogP contribution in [0.1, 0.15) is 34.5 Å². The highest BCUT2D eigenvalue weighted by atomic mass is 32.2. The highest BCUT2D eigenvalue weighted by Gasteiger charge is 2.20. The number of thioether (sulfide) groups is 1. The van der Waals surface area contributed by atoms with Crippen LogP contribution in [0.5, 0.6) is 5.75 Å². The first-order chi connectivity index (χ1) is 17.2. The van der Waals surface area contributed by atoms with Gasteiger partial charge in [-0.15, -0.1) is 10.2 Å². The van der Waals surface area contributed by atoms with Crippen LogP contribution in [0.25, 0.3) is 5.69 Å². The Morgan fingerprint density at radius 3 is 2.51 bits per heavy atom. The molecule has 1 N–H and O–H groups in total. The molecule has 178 valence electrons. The van der Waals surface area contributed by atoms with Crippen molar-refractivity contribution < 1.29 is 9.53 Å². The second-order valence-corrected chi connectivity index (χ2v) is 9.54. The molecule has 7 heteroatoms. The summed E-state index contributed by atoms with van der Waals surface area (Å²) < 4.78 is 8.24. The van der Waals surface area contributed by atoms with E-state index in [2.05, 4.69) is 34.6 Å². The first-order valence-electron chi connectivity index (χ1n) is 11.9. The van der Waals surface area contributed by atoms with Crippen LogP contribution >= 0.6 is 11.8 Å². The standard InChI is InChI=1S/C28H28N4O2S/c1-20-15-16-25(24-14-8-13-23(20)24)34-18-26-30-31-28(32(26)22-11-6-3-7-12-22)35-19-27(33)29-17-21-9-4-2-5-10-21/h2-7,9-12,15-16H,8,13-14,17-19H2,1H3,(H,29,33). The summed E-state index contributed by atoms with van der Waals surface area (Å²) in [6.45, 7) is 2.98. The van der Waals surface area contributed by atoms with Crippen LogP contribution in [0.3, 0.4) is 0 Å². The molecule has 1 aliphatic rings. The molecule has 4 aromatic rings. The molecule has 1 heterocycles. The molecule has 0 unspecified atom stereocenters. The van der Waals surface area contributed by atoms with Crippen molar-refractivity contribution in [2.24, 2.45) is 0 Å². The molecule has 1 aliphatic carbocycles. The highest BCUT2D eigenvalue weighted by Crippen LogP contribution is 2.33. The van der Waals surface area contributed by atoms with Gasteiger partial charge in [-0.25, -0.2) is 0 Å². The Morgan fingerprint density at radius 1 is 0.971 bits per heavy atom. The lowest BCUT2D eigenvalue weighted by Crippen LogP contribution is -2.24. The SMILES string of the molecule is Cc1ccc(OCc2nnc(SCC(=O)NCc3ccccc3)n2-c2ccccc2)c2c1CCC2. The van der Waals surface area contributed by atoms with Crippen molar-refractivity contribution in [2.45, 2.75) is 44.5 Å². The van der Waals surface area contributed by atoms with Gasteiger partial charge < -0.3 is 10.1 Å². The number of benzene rings is 3. The summed E-state index contributed by atoms with van der Waals surface area (Å²) in [4.78, 5) is 12.5. The molecule has 3 aromatic carbocycles. The van der Waals surface area contributed by atoms with E-state index < -0.39 is 0 Å². The number of fused-ring (bicyclic) bond motifs is 1. The van der Waals surface area contributed by atoms with Crippen molar-refractivity contribution in [1.29, 1.82) is 0 Å². The van der Waals surface area contributed by atoms with E-state index in [0.717, 1.165) is 29.8 Å². The summed E-state index contributed by atoms with van der Waals surface area (Å²) >= 11 is 1.37. The van der Waals surface area contributed by atoms with E-state index >= 15 is 0 Å². The number of amides is 1. The molecule has 5 rings (SSSR count). The molecule has 6 nitrogen and oxygen atoms in total. The van der Waals surface area contributed by atoms with E-state index in [1.165, 1.54) is 34.9 Å². The van der Waals surface area contributed by atoms with Crippen LogP contribution in [0, 0.1) is 6.92 Å². The van der Waals surface area contributed by atoms with Gasteiger partial charge >= 0.3 is 0 Å². The van der Waals surface area contributed by atoms with E-state index in [0.29, 0.717) is 24.1 Å². The fourth-order valence-electron chi connectivity index (χ4n) is 4.43. The number of aromatic nitrogens is 3. The average Bonchev–Trinajstić information content (AvgIpc) is 3.55. The lowest BCUT2D eigenvalue weighted by Gasteiger charge is -2.14. The van der Waals surface area contributed by atoms with E-state index in [1.807, 2.05) is 65.2 Å². The number of carbonyl (C=O) groups is 1. The molecule has 0 fully saturated rings. The zero-order valence-electron chi connectivity index (χ0n) is 19.7. The van der Waals surface area contributed by atoms with Gasteiger partial charge in [0.15, 0.2) is 11.0 Å². The number of rotatable bonds is 9. The van der Waals surface area contributed by atoms with E-state index in [4.69, 9.17) is 4.74 Å². The van der Waals surface area contributed by atoms with Crippen LogP contribution < -0.4 is 10.1 Å². The average molecular weight is 485 g/mol. The van der Waals surface area contributed by atoms with Gasteiger partial charge in [-0.2, -0.15) is 0 Å². The van der Waals surface area contributed by atoms with Crippen LogP contribution in [-0.4, -0.2) is 26.4 Å². The Labute approximate surface area is 209 Å². The molecule has 0 bridgehead atoms. The van der Waals surface area contributed by atoms with Gasteiger partial charge in [0.2, 0.25) is 5.91 Å². The van der Waals surface area contributed by atoms with E-state index in [1.54, 1.807) is 0 Å². The minimum absolute atomic E-state index is 0.0468. The van der Waals surface area contributed by atoms with Gasteiger partial charge in [0, 0.05) is 12.2 Å². The van der Waals surface area contributed by atoms with Crippen molar-refractivity contribution in [3.8, 4) is 11.4 Å². The predicted molar refractivity (Wildman–Crippen MR) is 138 cm³/mol. The molecule has 0 atom stereocenters. The van der Waals surface area contributed by atoms with Gasteiger partial charge in [0.1, 0.15) is 12.4 Å². The highest BCUT2D eigenvalue weighted by molar-refractivity contribution is 7.99. The molecule has 0 spiro atoms. The summed E-state index contributed by atoms with van der Waals surface area (Å²) in [6.07, 6.45) is 3.34. The quantitative estimate of drug-likeness (QED) is 0.337. The Morgan fingerprint density at radius 2 is 1.71 bits per heavy atom. The predicted octanol–water partition coefficient (Wildman–Crippen LogP) is 5.05. The Kier molecular flexibility index (Phi) is 7.14. The van der Waals surface area contributed by atoms with Crippen LogP contribution in [-0.2, 0) is 30.8 Å². The zero-order chi connectivity index (χ0) is 24.0. The number of carbonyl (C=O) groups excluding carboxylic acids is 1. The van der Waals surface area contributed by atoms with Crippen LogP contribution in [0.2, 0.25) is 0 Å². The maximum absolute atomic E-state index is 12.5. The Bertz CT molecular complexity index is 1310. The number of aryl methyl sites for hydroxylation is 1. The maximum atomic E-state index is 12.5. The number of para-hydroxylation sites is 1. The monoisotopic (exact) mass is 484 g/mol. The number of hydrogen-bond donors (Lipinski definition) is 1. The lowest BCUT2D eigenvalue weighted by molar-refractivity contribution is -0.118. The molecule has 1 aromatic heterocycles. The minimum Gasteiger partial charge on any atom is -0.485 e. The van der Waals surface area contributed by atoms with Gasteiger partial charge in [0.05, 0.1) is 5.75 Å². The van der Waals surface area contributed by atoms with E-state index in [9.17, 15) is 4.79 Å². The molecular weight excluding hydrogens is 456 g/mol. The zero-order valence-corrected chi connectivity index (χ0v) is 20.6. The summed E-state index contributed by atoms with van der Waals surface area (Å²) in [5.74, 6) is 1.84. The number of nitrogens with zero attached hydrogens (tertiary/aromatic N) is 3. The van der Waals surface area contributed by atoms with Gasteiger partial charge in [0.25, 0.3) is 0 Å². The Hall–Kier alpha value is -3.58. The second-order valence-electron chi connectivity index (χ2n) is 8.60. The van der Waals surface area contributed by atoms with Crippen molar-refractivity contribution in [3.63, 3.8) is 0 Å². The smallest absolute Gasteiger partial charge is 0.230 e. The van der Waals surface area contributed by atoms with E-state index in [-0.39, 0.29) is 11.7 Å². The summed E-state index contributed by atoms with van der Waals surface area (Å²) in [7, 11) is 0. The van der Waals surface area contributed by atoms with Gasteiger partial charge in [-0.1, -0.05) is 66.4 Å². The molecule has 35 heavy (non-hydrogen) atoms. The summed E-state index contributed by atoms with van der Waals surface area (Å²) in [5.41, 5.74) is 6.09.